The highest BCUT2D eigenvalue weighted by Gasteiger charge is 2.20. The van der Waals surface area contributed by atoms with E-state index in [2.05, 4.69) is 15.3 Å². The molecule has 4 N–H and O–H groups in total. The summed E-state index contributed by atoms with van der Waals surface area (Å²) < 4.78 is 5.26. The Bertz CT molecular complexity index is 954. The second-order valence-electron chi connectivity index (χ2n) is 5.58. The fraction of sp³-hybridized carbons (Fsp3) is 0.111. The zero-order valence-electron chi connectivity index (χ0n) is 13.8. The molecule has 0 saturated carbocycles. The molecule has 0 aliphatic carbocycles. The van der Waals surface area contributed by atoms with Crippen LogP contribution in [0, 0.1) is 0 Å². The summed E-state index contributed by atoms with van der Waals surface area (Å²) >= 11 is 0. The molecule has 8 nitrogen and oxygen atoms in total. The van der Waals surface area contributed by atoms with Crippen LogP contribution in [0.15, 0.2) is 53.1 Å². The Kier molecular flexibility index (Phi) is 4.66. The van der Waals surface area contributed by atoms with E-state index in [1.54, 1.807) is 43.3 Å². The van der Waals surface area contributed by atoms with Crippen LogP contribution in [0.3, 0.4) is 0 Å². The number of nitrogens with zero attached hydrogens (tertiary/aromatic N) is 2. The van der Waals surface area contributed by atoms with Crippen LogP contribution in [0.4, 0.5) is 11.6 Å². The number of hydrogen-bond donors (Lipinski definition) is 3. The van der Waals surface area contributed by atoms with Gasteiger partial charge in [0, 0.05) is 5.69 Å². The molecule has 1 atom stereocenters. The van der Waals surface area contributed by atoms with Crippen molar-refractivity contribution < 1.29 is 19.1 Å². The molecule has 2 aromatic heterocycles. The van der Waals surface area contributed by atoms with Gasteiger partial charge in [-0.3, -0.25) is 9.59 Å². The fourth-order valence-electron chi connectivity index (χ4n) is 2.44. The molecule has 3 aromatic rings. The van der Waals surface area contributed by atoms with Gasteiger partial charge in [-0.15, -0.1) is 0 Å². The number of carboxylic acid groups (broad SMARTS) is 1. The summed E-state index contributed by atoms with van der Waals surface area (Å²) in [5.74, 6) is -1.92. The van der Waals surface area contributed by atoms with Crippen molar-refractivity contribution in [2.45, 2.75) is 12.8 Å². The first-order valence-electron chi connectivity index (χ1n) is 7.77. The van der Waals surface area contributed by atoms with Gasteiger partial charge in [0.2, 0.25) is 5.95 Å². The first kappa shape index (κ1) is 17.2. The van der Waals surface area contributed by atoms with Crippen molar-refractivity contribution in [1.29, 1.82) is 0 Å². The molecular formula is C18H16N4O4. The topological polar surface area (TPSA) is 131 Å². The molecule has 132 valence electrons. The number of anilines is 2. The number of carbonyl (C=O) groups is 2. The highest BCUT2D eigenvalue weighted by molar-refractivity contribution is 6.04. The Labute approximate surface area is 148 Å². The highest BCUT2D eigenvalue weighted by Crippen LogP contribution is 2.25. The van der Waals surface area contributed by atoms with Crippen LogP contribution in [-0.4, -0.2) is 27.0 Å². The summed E-state index contributed by atoms with van der Waals surface area (Å²) in [4.78, 5) is 31.9. The molecule has 0 aliphatic rings. The standard InChI is InChI=1S/C18H16N4O4/c1-10(17(24)25)11-5-2-3-6-12(11)20-16(23)14-9-13(21-18(19)22-14)15-7-4-8-26-15/h2-10H,1H3,(H,20,23)(H,24,25)(H2,19,21,22). The van der Waals surface area contributed by atoms with E-state index in [4.69, 9.17) is 10.2 Å². The summed E-state index contributed by atoms with van der Waals surface area (Å²) in [6.07, 6.45) is 1.48. The molecule has 26 heavy (non-hydrogen) atoms. The van der Waals surface area contributed by atoms with E-state index in [1.807, 2.05) is 0 Å². The van der Waals surface area contributed by atoms with E-state index >= 15 is 0 Å². The van der Waals surface area contributed by atoms with Gasteiger partial charge in [-0.25, -0.2) is 9.97 Å². The highest BCUT2D eigenvalue weighted by atomic mass is 16.4. The average Bonchev–Trinajstić information content (AvgIpc) is 3.15. The van der Waals surface area contributed by atoms with Crippen molar-refractivity contribution in [3.8, 4) is 11.5 Å². The van der Waals surface area contributed by atoms with Crippen molar-refractivity contribution in [3.05, 3.63) is 60.0 Å². The number of nitrogens with one attached hydrogen (secondary N) is 1. The van der Waals surface area contributed by atoms with E-state index in [9.17, 15) is 14.7 Å². The van der Waals surface area contributed by atoms with Crippen LogP contribution in [0.5, 0.6) is 0 Å². The van der Waals surface area contributed by atoms with Crippen molar-refractivity contribution in [2.75, 3.05) is 11.1 Å². The molecule has 0 radical (unpaired) electrons. The number of rotatable bonds is 5. The van der Waals surface area contributed by atoms with E-state index in [0.29, 0.717) is 22.7 Å². The molecule has 1 unspecified atom stereocenters. The minimum absolute atomic E-state index is 0.0432. The normalized spacial score (nSPS) is 11.7. The Balaban J connectivity index is 1.91. The molecular weight excluding hydrogens is 336 g/mol. The fourth-order valence-corrected chi connectivity index (χ4v) is 2.44. The lowest BCUT2D eigenvalue weighted by Gasteiger charge is -2.14. The lowest BCUT2D eigenvalue weighted by Crippen LogP contribution is -2.18. The summed E-state index contributed by atoms with van der Waals surface area (Å²) in [6.45, 7) is 1.55. The van der Waals surface area contributed by atoms with Gasteiger partial charge in [-0.05, 0) is 36.8 Å². The third-order valence-electron chi connectivity index (χ3n) is 3.80. The monoisotopic (exact) mass is 352 g/mol. The zero-order chi connectivity index (χ0) is 18.7. The maximum Gasteiger partial charge on any atom is 0.310 e. The smallest absolute Gasteiger partial charge is 0.310 e. The molecule has 0 bridgehead atoms. The molecule has 0 saturated heterocycles. The largest absolute Gasteiger partial charge is 0.481 e. The van der Waals surface area contributed by atoms with Gasteiger partial charge >= 0.3 is 5.97 Å². The third-order valence-corrected chi connectivity index (χ3v) is 3.80. The second kappa shape index (κ2) is 7.06. The number of amides is 1. The summed E-state index contributed by atoms with van der Waals surface area (Å²) in [5, 5.41) is 11.9. The predicted octanol–water partition coefficient (Wildman–Crippen LogP) is 2.76. The third kappa shape index (κ3) is 3.54. The number of carbonyl (C=O) groups excluding carboxylic acids is 1. The molecule has 0 spiro atoms. The number of benzene rings is 1. The molecule has 8 heteroatoms. The van der Waals surface area contributed by atoms with Crippen molar-refractivity contribution in [2.24, 2.45) is 0 Å². The van der Waals surface area contributed by atoms with Crippen LogP contribution in [0.2, 0.25) is 0 Å². The number of nitrogen functional groups attached to an aromatic ring is 1. The quantitative estimate of drug-likeness (QED) is 0.643. The lowest BCUT2D eigenvalue weighted by atomic mass is 9.99. The van der Waals surface area contributed by atoms with Crippen molar-refractivity contribution in [1.82, 2.24) is 9.97 Å². The molecule has 0 aliphatic heterocycles. The van der Waals surface area contributed by atoms with Gasteiger partial charge in [-0.2, -0.15) is 0 Å². The van der Waals surface area contributed by atoms with Crippen LogP contribution >= 0.6 is 0 Å². The lowest BCUT2D eigenvalue weighted by molar-refractivity contribution is -0.138. The molecule has 1 amide bonds. The summed E-state index contributed by atoms with van der Waals surface area (Å²) in [5.41, 5.74) is 6.99. The number of aromatic nitrogens is 2. The van der Waals surface area contributed by atoms with Crippen molar-refractivity contribution in [3.63, 3.8) is 0 Å². The maximum atomic E-state index is 12.6. The summed E-state index contributed by atoms with van der Waals surface area (Å²) in [6, 6.07) is 11.5. The van der Waals surface area contributed by atoms with E-state index in [1.165, 1.54) is 12.3 Å². The van der Waals surface area contributed by atoms with Gasteiger partial charge in [0.15, 0.2) is 5.76 Å². The van der Waals surface area contributed by atoms with Gasteiger partial charge in [-0.1, -0.05) is 18.2 Å². The SMILES string of the molecule is CC(C(=O)O)c1ccccc1NC(=O)c1cc(-c2ccco2)nc(N)n1. The van der Waals surface area contributed by atoms with Crippen LogP contribution in [0.1, 0.15) is 28.9 Å². The van der Waals surface area contributed by atoms with Gasteiger partial charge in [0.25, 0.3) is 5.91 Å². The van der Waals surface area contributed by atoms with Crippen LogP contribution in [-0.2, 0) is 4.79 Å². The zero-order valence-corrected chi connectivity index (χ0v) is 13.8. The predicted molar refractivity (Wildman–Crippen MR) is 94.6 cm³/mol. The molecule has 1 aromatic carbocycles. The number of furan rings is 1. The molecule has 2 heterocycles. The van der Waals surface area contributed by atoms with Crippen LogP contribution in [0.25, 0.3) is 11.5 Å². The number of nitrogens with two attached hydrogens (primary N) is 1. The molecule has 0 fully saturated rings. The first-order valence-corrected chi connectivity index (χ1v) is 7.77. The number of carboxylic acids is 1. The summed E-state index contributed by atoms with van der Waals surface area (Å²) in [7, 11) is 0. The first-order chi connectivity index (χ1) is 12.5. The van der Waals surface area contributed by atoms with E-state index < -0.39 is 17.8 Å². The van der Waals surface area contributed by atoms with Gasteiger partial charge in [0.1, 0.15) is 11.4 Å². The minimum Gasteiger partial charge on any atom is -0.481 e. The molecule has 3 rings (SSSR count). The Hall–Kier alpha value is -3.68. The Morgan fingerprint density at radius 1 is 1.19 bits per heavy atom. The van der Waals surface area contributed by atoms with E-state index in [0.717, 1.165) is 0 Å². The number of para-hydroxylation sites is 1. The number of aliphatic carboxylic acids is 1. The van der Waals surface area contributed by atoms with Gasteiger partial charge in [0.05, 0.1) is 12.2 Å². The Morgan fingerprint density at radius 3 is 2.65 bits per heavy atom. The minimum atomic E-state index is -0.988. The van der Waals surface area contributed by atoms with E-state index in [-0.39, 0.29) is 11.6 Å². The number of hydrogen-bond acceptors (Lipinski definition) is 6. The van der Waals surface area contributed by atoms with Crippen LogP contribution < -0.4 is 11.1 Å². The van der Waals surface area contributed by atoms with Gasteiger partial charge < -0.3 is 20.6 Å². The average molecular weight is 352 g/mol. The Morgan fingerprint density at radius 2 is 1.96 bits per heavy atom. The second-order valence-corrected chi connectivity index (χ2v) is 5.58. The van der Waals surface area contributed by atoms with Crippen molar-refractivity contribution >= 4 is 23.5 Å². The maximum absolute atomic E-state index is 12.6.